The second-order valence-corrected chi connectivity index (χ2v) is 4.72. The zero-order valence-corrected chi connectivity index (χ0v) is 13.7. The van der Waals surface area contributed by atoms with Crippen molar-refractivity contribution in [2.45, 2.75) is 18.7 Å². The van der Waals surface area contributed by atoms with E-state index < -0.39 is 24.7 Å². The molecule has 1 aromatic carbocycles. The molecule has 0 bridgehead atoms. The summed E-state index contributed by atoms with van der Waals surface area (Å²) in [6, 6.07) is 5.48. The van der Waals surface area contributed by atoms with Gasteiger partial charge in [-0.05, 0) is 24.3 Å². The maximum atomic E-state index is 12.0. The van der Waals surface area contributed by atoms with Crippen LogP contribution < -0.4 is 16.4 Å². The Balaban J connectivity index is 0.00000529. The quantitative estimate of drug-likeness (QED) is 0.682. The summed E-state index contributed by atoms with van der Waals surface area (Å²) >= 11 is 0. The zero-order valence-electron chi connectivity index (χ0n) is 12.9. The third kappa shape index (κ3) is 8.14. The van der Waals surface area contributed by atoms with E-state index in [2.05, 4.69) is 5.32 Å². The topological polar surface area (TPSA) is 93.4 Å². The van der Waals surface area contributed by atoms with Crippen molar-refractivity contribution in [3.05, 3.63) is 29.8 Å². The fourth-order valence-electron chi connectivity index (χ4n) is 1.67. The first-order chi connectivity index (χ1) is 10.7. The van der Waals surface area contributed by atoms with Crippen molar-refractivity contribution < 1.29 is 27.5 Å². The predicted octanol–water partition coefficient (Wildman–Crippen LogP) is 1.70. The van der Waals surface area contributed by atoms with Gasteiger partial charge in [-0.15, -0.1) is 12.4 Å². The van der Waals surface area contributed by atoms with E-state index in [0.29, 0.717) is 5.69 Å². The number of halogens is 4. The molecule has 0 aromatic heterocycles. The van der Waals surface area contributed by atoms with Crippen molar-refractivity contribution in [3.63, 3.8) is 0 Å². The van der Waals surface area contributed by atoms with Gasteiger partial charge in [0.25, 0.3) is 5.91 Å². The molecule has 136 valence electrons. The van der Waals surface area contributed by atoms with Crippen LogP contribution in [0.1, 0.15) is 16.8 Å². The van der Waals surface area contributed by atoms with Gasteiger partial charge in [-0.3, -0.25) is 9.59 Å². The number of carbonyl (C=O) groups is 2. The number of anilines is 1. The van der Waals surface area contributed by atoms with Crippen molar-refractivity contribution in [2.24, 2.45) is 5.73 Å². The van der Waals surface area contributed by atoms with Crippen LogP contribution in [0, 0.1) is 0 Å². The third-order valence-electron chi connectivity index (χ3n) is 2.89. The highest BCUT2D eigenvalue weighted by Crippen LogP contribution is 2.14. The number of nitrogens with one attached hydrogen (secondary N) is 2. The molecule has 0 heterocycles. The molecule has 0 fully saturated rings. The Labute approximate surface area is 143 Å². The van der Waals surface area contributed by atoms with Gasteiger partial charge in [-0.2, -0.15) is 13.2 Å². The smallest absolute Gasteiger partial charge is 0.380 e. The monoisotopic (exact) mass is 369 g/mol. The molecule has 2 amide bonds. The van der Waals surface area contributed by atoms with Gasteiger partial charge >= 0.3 is 6.18 Å². The lowest BCUT2D eigenvalue weighted by Crippen LogP contribution is -2.33. The Morgan fingerprint density at radius 1 is 1.25 bits per heavy atom. The summed E-state index contributed by atoms with van der Waals surface area (Å²) in [5.74, 6) is -1.17. The molecule has 0 spiro atoms. The maximum Gasteiger partial charge on any atom is 0.405 e. The number of hydrogen-bond acceptors (Lipinski definition) is 4. The Kier molecular flexibility index (Phi) is 9.34. The molecule has 0 radical (unpaired) electrons. The van der Waals surface area contributed by atoms with E-state index in [-0.39, 0.29) is 36.8 Å². The summed E-state index contributed by atoms with van der Waals surface area (Å²) in [7, 11) is 1.44. The number of ether oxygens (including phenoxy) is 1. The minimum absolute atomic E-state index is 0. The molecule has 10 heteroatoms. The number of alkyl halides is 3. The Bertz CT molecular complexity index is 534. The summed E-state index contributed by atoms with van der Waals surface area (Å²) in [6.07, 6.45) is -4.80. The molecule has 0 saturated heterocycles. The van der Waals surface area contributed by atoms with Gasteiger partial charge in [0.2, 0.25) is 5.91 Å². The number of methoxy groups -OCH3 is 1. The molecule has 0 aliphatic rings. The van der Waals surface area contributed by atoms with Gasteiger partial charge in [-0.1, -0.05) is 0 Å². The molecule has 4 N–H and O–H groups in total. The van der Waals surface area contributed by atoms with Crippen molar-refractivity contribution >= 4 is 29.9 Å². The van der Waals surface area contributed by atoms with Gasteiger partial charge < -0.3 is 21.1 Å². The minimum Gasteiger partial charge on any atom is -0.380 e. The number of nitrogens with two attached hydrogens (primary N) is 1. The van der Waals surface area contributed by atoms with E-state index in [1.54, 1.807) is 5.32 Å². The first-order valence-electron chi connectivity index (χ1n) is 6.73. The highest BCUT2D eigenvalue weighted by molar-refractivity contribution is 5.95. The van der Waals surface area contributed by atoms with Crippen LogP contribution in [-0.2, 0) is 9.53 Å². The summed E-state index contributed by atoms with van der Waals surface area (Å²) in [4.78, 5) is 23.2. The van der Waals surface area contributed by atoms with Crippen molar-refractivity contribution in [1.82, 2.24) is 5.32 Å². The average molecular weight is 370 g/mol. The maximum absolute atomic E-state index is 12.0. The zero-order chi connectivity index (χ0) is 17.5. The number of amides is 2. The van der Waals surface area contributed by atoms with Crippen LogP contribution in [0.5, 0.6) is 0 Å². The van der Waals surface area contributed by atoms with Crippen LogP contribution in [-0.4, -0.2) is 44.3 Å². The fraction of sp³-hybridized carbons (Fsp3) is 0.429. The Morgan fingerprint density at radius 3 is 2.29 bits per heavy atom. The van der Waals surface area contributed by atoms with Crippen LogP contribution in [0.3, 0.4) is 0 Å². The summed E-state index contributed by atoms with van der Waals surface area (Å²) in [5, 5.41) is 4.34. The fourth-order valence-corrected chi connectivity index (χ4v) is 1.67. The lowest BCUT2D eigenvalue weighted by atomic mass is 10.2. The van der Waals surface area contributed by atoms with Crippen molar-refractivity contribution in [2.75, 3.05) is 25.5 Å². The largest absolute Gasteiger partial charge is 0.405 e. The van der Waals surface area contributed by atoms with E-state index in [9.17, 15) is 22.8 Å². The summed E-state index contributed by atoms with van der Waals surface area (Å²) in [5.41, 5.74) is 5.88. The van der Waals surface area contributed by atoms with E-state index in [1.165, 1.54) is 31.4 Å². The van der Waals surface area contributed by atoms with Gasteiger partial charge in [0.15, 0.2) is 0 Å². The molecule has 1 unspecified atom stereocenters. The molecule has 1 rings (SSSR count). The molecule has 0 aliphatic heterocycles. The molecule has 6 nitrogen and oxygen atoms in total. The second kappa shape index (κ2) is 10.1. The first kappa shape index (κ1) is 22.2. The lowest BCUT2D eigenvalue weighted by molar-refractivity contribution is -0.123. The van der Waals surface area contributed by atoms with Gasteiger partial charge in [0, 0.05) is 24.9 Å². The van der Waals surface area contributed by atoms with Gasteiger partial charge in [-0.25, -0.2) is 0 Å². The van der Waals surface area contributed by atoms with E-state index in [0.717, 1.165) is 0 Å². The molecule has 0 aliphatic carbocycles. The number of rotatable bonds is 7. The van der Waals surface area contributed by atoms with Crippen LogP contribution in [0.4, 0.5) is 18.9 Å². The van der Waals surface area contributed by atoms with E-state index in [4.69, 9.17) is 10.5 Å². The Morgan fingerprint density at radius 2 is 1.83 bits per heavy atom. The van der Waals surface area contributed by atoms with Crippen molar-refractivity contribution in [3.8, 4) is 0 Å². The highest BCUT2D eigenvalue weighted by atomic mass is 35.5. The van der Waals surface area contributed by atoms with Crippen LogP contribution in [0.15, 0.2) is 24.3 Å². The van der Waals surface area contributed by atoms with E-state index >= 15 is 0 Å². The summed E-state index contributed by atoms with van der Waals surface area (Å²) < 4.78 is 41.0. The average Bonchev–Trinajstić information content (AvgIpc) is 2.50. The van der Waals surface area contributed by atoms with E-state index in [1.807, 2.05) is 0 Å². The normalized spacial score (nSPS) is 12.0. The standard InChI is InChI=1S/C14H18F3N3O3.ClH/c1-23-11(7-18)6-12(21)20-10-4-2-9(3-5-10)13(22)19-8-14(15,16)17;/h2-5,11H,6-8,18H2,1H3,(H,19,22)(H,20,21);1H. The predicted molar refractivity (Wildman–Crippen MR) is 85.2 cm³/mol. The number of carbonyl (C=O) groups excluding carboxylic acids is 2. The Hall–Kier alpha value is -1.84. The van der Waals surface area contributed by atoms with Gasteiger partial charge in [0.05, 0.1) is 12.5 Å². The first-order valence-corrected chi connectivity index (χ1v) is 6.73. The van der Waals surface area contributed by atoms with Crippen LogP contribution in [0.2, 0.25) is 0 Å². The van der Waals surface area contributed by atoms with Gasteiger partial charge in [0.1, 0.15) is 6.54 Å². The van der Waals surface area contributed by atoms with Crippen LogP contribution in [0.25, 0.3) is 0 Å². The highest BCUT2D eigenvalue weighted by Gasteiger charge is 2.27. The molecule has 1 atom stereocenters. The SMILES string of the molecule is COC(CN)CC(=O)Nc1ccc(C(=O)NCC(F)(F)F)cc1.Cl. The lowest BCUT2D eigenvalue weighted by Gasteiger charge is -2.13. The van der Waals surface area contributed by atoms with Crippen LogP contribution >= 0.6 is 12.4 Å². The number of hydrogen-bond donors (Lipinski definition) is 3. The van der Waals surface area contributed by atoms with Crippen molar-refractivity contribution in [1.29, 1.82) is 0 Å². The third-order valence-corrected chi connectivity index (χ3v) is 2.89. The molecule has 0 saturated carbocycles. The minimum atomic E-state index is -4.47. The molecule has 24 heavy (non-hydrogen) atoms. The molecular formula is C14H19ClF3N3O3. The summed E-state index contributed by atoms with van der Waals surface area (Å²) in [6.45, 7) is -1.20. The number of benzene rings is 1. The molecular weight excluding hydrogens is 351 g/mol. The molecule has 1 aromatic rings. The second-order valence-electron chi connectivity index (χ2n) is 4.72.